The first kappa shape index (κ1) is 40.2. The van der Waals surface area contributed by atoms with Crippen LogP contribution in [0.2, 0.25) is 0 Å². The van der Waals surface area contributed by atoms with Crippen LogP contribution in [0.5, 0.6) is 0 Å². The fourth-order valence-corrected chi connectivity index (χ4v) is 15.5. The zero-order chi connectivity index (χ0) is 38.3. The molecule has 6 fully saturated rings. The Hall–Kier alpha value is -1.45. The highest BCUT2D eigenvalue weighted by Crippen LogP contribution is 2.76. The van der Waals surface area contributed by atoms with Crippen LogP contribution in [-0.2, 0) is 24.2 Å². The van der Waals surface area contributed by atoms with Gasteiger partial charge in [0.15, 0.2) is 0 Å². The third-order valence-corrected chi connectivity index (χ3v) is 19.1. The molecule has 0 aromatic rings. The summed E-state index contributed by atoms with van der Waals surface area (Å²) in [5.41, 5.74) is 0.868. The summed E-state index contributed by atoms with van der Waals surface area (Å²) in [6, 6.07) is 0. The Morgan fingerprint density at radius 2 is 1.56 bits per heavy atom. The Labute approximate surface area is 316 Å². The lowest BCUT2D eigenvalue weighted by atomic mass is 9.32. The lowest BCUT2D eigenvalue weighted by Crippen LogP contribution is -2.69. The first-order chi connectivity index (χ1) is 24.0. The summed E-state index contributed by atoms with van der Waals surface area (Å²) in [5, 5.41) is 13.5. The monoisotopic (exact) mass is 745 g/mol. The van der Waals surface area contributed by atoms with Gasteiger partial charge in [0.05, 0.1) is 17.1 Å². The second kappa shape index (κ2) is 13.6. The maximum absolute atomic E-state index is 13.3. The minimum Gasteiger partial charge on any atom is -0.481 e. The number of hydrogen-bond donors (Lipinski definition) is 2. The van der Waals surface area contributed by atoms with Crippen LogP contribution in [0, 0.1) is 56.7 Å². The van der Waals surface area contributed by atoms with E-state index in [1.165, 1.54) is 56.8 Å². The molecule has 0 radical (unpaired) electrons. The molecule has 9 heteroatoms. The molecule has 0 aromatic heterocycles. The van der Waals surface area contributed by atoms with Crippen LogP contribution in [0.1, 0.15) is 139 Å². The molecule has 5 aliphatic carbocycles. The van der Waals surface area contributed by atoms with Gasteiger partial charge in [-0.05, 0) is 157 Å². The van der Waals surface area contributed by atoms with E-state index in [0.717, 1.165) is 58.3 Å². The number of aliphatic carboxylic acids is 1. The van der Waals surface area contributed by atoms with Gasteiger partial charge in [-0.3, -0.25) is 9.59 Å². The molecular weight excluding hydrogens is 673 g/mol. The molecule has 8 nitrogen and oxygen atoms in total. The lowest BCUT2D eigenvalue weighted by molar-refractivity contribution is -0.247. The van der Waals surface area contributed by atoms with Crippen LogP contribution >= 0.6 is 0 Å². The van der Waals surface area contributed by atoms with Crippen LogP contribution in [-0.4, -0.2) is 79.7 Å². The molecule has 296 valence electrons. The van der Waals surface area contributed by atoms with Gasteiger partial charge in [-0.1, -0.05) is 46.8 Å². The van der Waals surface area contributed by atoms with Gasteiger partial charge >= 0.3 is 11.9 Å². The normalized spacial score (nSPS) is 42.3. The number of nitrogens with one attached hydrogen (secondary N) is 1. The van der Waals surface area contributed by atoms with Crippen molar-refractivity contribution in [3.05, 3.63) is 12.2 Å². The second-order valence-electron chi connectivity index (χ2n) is 20.8. The standard InChI is InChI=1S/C43H72N2O6S/c1-28(2)30-13-20-43(44-23-26-45-24-16-29(17-25-45)52(10,49)50)22-21-41(8)31(36(30)43)11-12-33-40(7)18-15-34(51-37(48)38(3,4)27-35(46)47)39(5,6)32(40)14-19-42(33,41)9/h29-34,36,44H,1,11-27H2,2-10H3,(H,46,47)/t30-,31+,32-,33+,34-,36+,40-,41+,42+,43-/m0/s1. The molecule has 1 saturated heterocycles. The number of carbonyl (C=O) groups is 2. The number of sulfone groups is 1. The SMILES string of the molecule is C=C(C)[C@@H]1CC[C@]2(NCCN3CCC(S(C)(=O)=O)CC3)CC[C@]3(C)[C@H](CC[C@@H]4[C@@]5(C)CC[C@H](OC(=O)C(C)(C)CC(=O)O)C(C)(C)[C@@H]5CC[C@]43C)[C@@H]12. The molecule has 0 aromatic carbocycles. The van der Waals surface area contributed by atoms with Crippen molar-refractivity contribution in [3.8, 4) is 0 Å². The third-order valence-electron chi connectivity index (χ3n) is 17.4. The van der Waals surface area contributed by atoms with Crippen molar-refractivity contribution in [2.75, 3.05) is 32.4 Å². The molecule has 10 atom stereocenters. The van der Waals surface area contributed by atoms with Crippen LogP contribution in [0.4, 0.5) is 0 Å². The number of fused-ring (bicyclic) bond motifs is 7. The van der Waals surface area contributed by atoms with Gasteiger partial charge in [0.25, 0.3) is 0 Å². The van der Waals surface area contributed by atoms with E-state index in [1.807, 2.05) is 0 Å². The van der Waals surface area contributed by atoms with Gasteiger partial charge in [-0.2, -0.15) is 0 Å². The zero-order valence-corrected chi connectivity index (χ0v) is 34.9. The number of carboxylic acid groups (broad SMARTS) is 1. The summed E-state index contributed by atoms with van der Waals surface area (Å²) in [6.07, 6.45) is 14.1. The average Bonchev–Trinajstić information content (AvgIpc) is 3.42. The predicted molar refractivity (Wildman–Crippen MR) is 207 cm³/mol. The number of allylic oxidation sites excluding steroid dienone is 1. The van der Waals surface area contributed by atoms with Gasteiger partial charge in [0.2, 0.25) is 0 Å². The molecule has 0 amide bonds. The summed E-state index contributed by atoms with van der Waals surface area (Å²) in [4.78, 5) is 27.3. The minimum atomic E-state index is -2.96. The van der Waals surface area contributed by atoms with E-state index in [-0.39, 0.29) is 50.9 Å². The maximum Gasteiger partial charge on any atom is 0.312 e. The Morgan fingerprint density at radius 3 is 2.17 bits per heavy atom. The topological polar surface area (TPSA) is 113 Å². The summed E-state index contributed by atoms with van der Waals surface area (Å²) in [7, 11) is -2.96. The van der Waals surface area contributed by atoms with Gasteiger partial charge in [-0.25, -0.2) is 8.42 Å². The smallest absolute Gasteiger partial charge is 0.312 e. The molecule has 6 aliphatic rings. The van der Waals surface area contributed by atoms with Crippen molar-refractivity contribution in [3.63, 3.8) is 0 Å². The number of carboxylic acids is 1. The first-order valence-electron chi connectivity index (χ1n) is 20.8. The van der Waals surface area contributed by atoms with E-state index in [2.05, 4.69) is 58.3 Å². The predicted octanol–water partition coefficient (Wildman–Crippen LogP) is 7.91. The summed E-state index contributed by atoms with van der Waals surface area (Å²) in [5.74, 6) is 1.47. The van der Waals surface area contributed by atoms with E-state index >= 15 is 0 Å². The van der Waals surface area contributed by atoms with Crippen molar-refractivity contribution < 1.29 is 27.9 Å². The van der Waals surface area contributed by atoms with Crippen molar-refractivity contribution >= 4 is 21.8 Å². The largest absolute Gasteiger partial charge is 0.481 e. The molecular formula is C43H72N2O6S. The van der Waals surface area contributed by atoms with E-state index in [1.54, 1.807) is 13.8 Å². The fourth-order valence-electron chi connectivity index (χ4n) is 14.4. The highest BCUT2D eigenvalue weighted by atomic mass is 32.2. The van der Waals surface area contributed by atoms with Crippen molar-refractivity contribution in [2.24, 2.45) is 56.7 Å². The highest BCUT2D eigenvalue weighted by molar-refractivity contribution is 7.91. The lowest BCUT2D eigenvalue weighted by Gasteiger charge is -2.73. The van der Waals surface area contributed by atoms with E-state index in [4.69, 9.17) is 4.74 Å². The number of ether oxygens (including phenoxy) is 1. The quantitative estimate of drug-likeness (QED) is 0.172. The molecule has 52 heavy (non-hydrogen) atoms. The minimum absolute atomic E-state index is 0.140. The maximum atomic E-state index is 13.3. The van der Waals surface area contributed by atoms with Crippen LogP contribution in [0.3, 0.4) is 0 Å². The summed E-state index contributed by atoms with van der Waals surface area (Å²) >= 11 is 0. The number of likely N-dealkylation sites (tertiary alicyclic amines) is 1. The number of esters is 1. The highest BCUT2D eigenvalue weighted by Gasteiger charge is 2.71. The van der Waals surface area contributed by atoms with Gasteiger partial charge < -0.3 is 20.1 Å². The van der Waals surface area contributed by atoms with Crippen LogP contribution in [0.25, 0.3) is 0 Å². The molecule has 6 rings (SSSR count). The Morgan fingerprint density at radius 1 is 0.885 bits per heavy atom. The van der Waals surface area contributed by atoms with Crippen molar-refractivity contribution in [1.29, 1.82) is 0 Å². The van der Waals surface area contributed by atoms with Crippen molar-refractivity contribution in [2.45, 2.75) is 156 Å². The van der Waals surface area contributed by atoms with Crippen LogP contribution < -0.4 is 5.32 Å². The molecule has 1 heterocycles. The molecule has 0 bridgehead atoms. The van der Waals surface area contributed by atoms with Gasteiger partial charge in [0.1, 0.15) is 15.9 Å². The Bertz CT molecular complexity index is 1520. The molecule has 1 aliphatic heterocycles. The van der Waals surface area contributed by atoms with Crippen LogP contribution in [0.15, 0.2) is 12.2 Å². The first-order valence-corrected chi connectivity index (χ1v) is 22.7. The zero-order valence-electron chi connectivity index (χ0n) is 34.1. The third kappa shape index (κ3) is 6.54. The Kier molecular flexibility index (Phi) is 10.5. The van der Waals surface area contributed by atoms with Gasteiger partial charge in [-0.15, -0.1) is 0 Å². The number of nitrogens with zero attached hydrogens (tertiary/aromatic N) is 1. The van der Waals surface area contributed by atoms with Crippen molar-refractivity contribution in [1.82, 2.24) is 10.2 Å². The number of carbonyl (C=O) groups excluding carboxylic acids is 1. The van der Waals surface area contributed by atoms with E-state index in [9.17, 15) is 23.1 Å². The number of hydrogen-bond acceptors (Lipinski definition) is 7. The average molecular weight is 745 g/mol. The number of piperidine rings is 1. The number of rotatable bonds is 10. The van der Waals surface area contributed by atoms with Gasteiger partial charge in [0, 0.05) is 30.3 Å². The molecule has 2 N–H and O–H groups in total. The molecule has 5 saturated carbocycles. The Balaban J connectivity index is 1.19. The molecule has 0 unspecified atom stereocenters. The summed E-state index contributed by atoms with van der Waals surface area (Å²) < 4.78 is 30.5. The second-order valence-corrected chi connectivity index (χ2v) is 23.2. The van der Waals surface area contributed by atoms with E-state index < -0.39 is 21.2 Å². The fraction of sp³-hybridized carbons (Fsp3) is 0.907. The summed E-state index contributed by atoms with van der Waals surface area (Å²) in [6.45, 7) is 26.5. The van der Waals surface area contributed by atoms with E-state index in [0.29, 0.717) is 29.6 Å². The molecule has 0 spiro atoms.